The van der Waals surface area contributed by atoms with E-state index in [4.69, 9.17) is 21.1 Å². The summed E-state index contributed by atoms with van der Waals surface area (Å²) in [6.45, 7) is 0.959. The third-order valence-electron chi connectivity index (χ3n) is 3.85. The Kier molecular flexibility index (Phi) is 6.02. The number of rotatable bonds is 5. The standard InChI is InChI=1S/C16H14BrClN2O6S/c17-11-1-3-15(13(18)9-11)26-16-4-2-12(10-14(16)20(21)22)27(23,24)19-5-7-25-8-6-19/h1-4,9-10H,5-8H2. The maximum Gasteiger partial charge on any atom is 0.312 e. The molecule has 0 bridgehead atoms. The predicted molar refractivity (Wildman–Crippen MR) is 102 cm³/mol. The van der Waals surface area contributed by atoms with E-state index in [2.05, 4.69) is 15.9 Å². The van der Waals surface area contributed by atoms with Crippen molar-refractivity contribution in [2.45, 2.75) is 4.90 Å². The minimum Gasteiger partial charge on any atom is -0.449 e. The summed E-state index contributed by atoms with van der Waals surface area (Å²) in [6, 6.07) is 8.33. The summed E-state index contributed by atoms with van der Waals surface area (Å²) in [4.78, 5) is 10.6. The first-order valence-electron chi connectivity index (χ1n) is 7.78. The van der Waals surface area contributed by atoms with Crippen LogP contribution in [0.15, 0.2) is 45.8 Å². The van der Waals surface area contributed by atoms with Gasteiger partial charge in [0.1, 0.15) is 5.75 Å². The van der Waals surface area contributed by atoms with Crippen LogP contribution in [0.3, 0.4) is 0 Å². The molecule has 0 saturated carbocycles. The lowest BCUT2D eigenvalue weighted by molar-refractivity contribution is -0.385. The quantitative estimate of drug-likeness (QED) is 0.479. The summed E-state index contributed by atoms with van der Waals surface area (Å²) in [5, 5.41) is 11.7. The van der Waals surface area contributed by atoms with E-state index in [0.29, 0.717) is 0 Å². The second-order valence-corrected chi connectivity index (χ2v) is 8.84. The molecular weight excluding hydrogens is 464 g/mol. The fourth-order valence-corrected chi connectivity index (χ4v) is 4.64. The number of nitro benzene ring substituents is 1. The Morgan fingerprint density at radius 3 is 2.44 bits per heavy atom. The maximum absolute atomic E-state index is 12.7. The van der Waals surface area contributed by atoms with Gasteiger partial charge in [0, 0.05) is 23.6 Å². The Labute approximate surface area is 169 Å². The van der Waals surface area contributed by atoms with Crippen molar-refractivity contribution in [2.24, 2.45) is 0 Å². The summed E-state index contributed by atoms with van der Waals surface area (Å²) in [5.41, 5.74) is -0.469. The molecule has 0 atom stereocenters. The highest BCUT2D eigenvalue weighted by Crippen LogP contribution is 2.37. The van der Waals surface area contributed by atoms with Crippen molar-refractivity contribution in [3.63, 3.8) is 0 Å². The second-order valence-electron chi connectivity index (χ2n) is 5.58. The van der Waals surface area contributed by atoms with Crippen LogP contribution in [0.25, 0.3) is 0 Å². The zero-order chi connectivity index (χ0) is 19.6. The number of ether oxygens (including phenoxy) is 2. The number of nitro groups is 1. The van der Waals surface area contributed by atoms with Crippen molar-refractivity contribution >= 4 is 43.2 Å². The van der Waals surface area contributed by atoms with Crippen molar-refractivity contribution in [3.8, 4) is 11.5 Å². The average molecular weight is 478 g/mol. The summed E-state index contributed by atoms with van der Waals surface area (Å²) in [5.74, 6) is 0.108. The van der Waals surface area contributed by atoms with Gasteiger partial charge in [-0.25, -0.2) is 8.42 Å². The first-order valence-corrected chi connectivity index (χ1v) is 10.4. The van der Waals surface area contributed by atoms with Gasteiger partial charge >= 0.3 is 5.69 Å². The number of benzene rings is 2. The van der Waals surface area contributed by atoms with Crippen molar-refractivity contribution in [1.82, 2.24) is 4.31 Å². The van der Waals surface area contributed by atoms with Crippen molar-refractivity contribution in [3.05, 3.63) is 56.0 Å². The SMILES string of the molecule is O=[N+]([O-])c1cc(S(=O)(=O)N2CCOCC2)ccc1Oc1ccc(Br)cc1Cl. The molecule has 1 saturated heterocycles. The van der Waals surface area contributed by atoms with E-state index in [1.165, 1.54) is 16.4 Å². The van der Waals surface area contributed by atoms with E-state index in [1.807, 2.05) is 0 Å². The molecule has 144 valence electrons. The minimum absolute atomic E-state index is 0.106. The highest BCUT2D eigenvalue weighted by Gasteiger charge is 2.29. The Bertz CT molecular complexity index is 979. The van der Waals surface area contributed by atoms with Gasteiger partial charge in [-0.05, 0) is 30.3 Å². The van der Waals surface area contributed by atoms with Gasteiger partial charge in [0.05, 0.1) is 28.1 Å². The predicted octanol–water partition coefficient (Wildman–Crippen LogP) is 3.82. The molecule has 11 heteroatoms. The fourth-order valence-electron chi connectivity index (χ4n) is 2.50. The second kappa shape index (κ2) is 8.11. The van der Waals surface area contributed by atoms with Crippen LogP contribution < -0.4 is 4.74 Å². The lowest BCUT2D eigenvalue weighted by Crippen LogP contribution is -2.40. The third-order valence-corrected chi connectivity index (χ3v) is 6.53. The Morgan fingerprint density at radius 2 is 1.81 bits per heavy atom. The van der Waals surface area contributed by atoms with Gasteiger partial charge in [-0.3, -0.25) is 10.1 Å². The van der Waals surface area contributed by atoms with Gasteiger partial charge in [-0.1, -0.05) is 27.5 Å². The lowest BCUT2D eigenvalue weighted by atomic mass is 10.3. The summed E-state index contributed by atoms with van der Waals surface area (Å²) in [6.07, 6.45) is 0. The molecule has 0 spiro atoms. The zero-order valence-electron chi connectivity index (χ0n) is 13.8. The molecule has 1 aliphatic rings. The molecule has 0 radical (unpaired) electrons. The van der Waals surface area contributed by atoms with Gasteiger partial charge in [-0.15, -0.1) is 0 Å². The molecule has 8 nitrogen and oxygen atoms in total. The lowest BCUT2D eigenvalue weighted by Gasteiger charge is -2.26. The molecule has 0 unspecified atom stereocenters. The van der Waals surface area contributed by atoms with E-state index in [1.54, 1.807) is 18.2 Å². The monoisotopic (exact) mass is 476 g/mol. The summed E-state index contributed by atoms with van der Waals surface area (Å²) < 4.78 is 38.1. The van der Waals surface area contributed by atoms with Gasteiger partial charge < -0.3 is 9.47 Å². The van der Waals surface area contributed by atoms with Gasteiger partial charge in [0.25, 0.3) is 0 Å². The van der Waals surface area contributed by atoms with Crippen LogP contribution in [0, 0.1) is 10.1 Å². The van der Waals surface area contributed by atoms with Crippen LogP contribution in [-0.4, -0.2) is 43.9 Å². The van der Waals surface area contributed by atoms with E-state index >= 15 is 0 Å². The van der Waals surface area contributed by atoms with Gasteiger partial charge in [-0.2, -0.15) is 4.31 Å². The molecule has 0 amide bonds. The molecule has 0 aliphatic carbocycles. The topological polar surface area (TPSA) is 99.0 Å². The van der Waals surface area contributed by atoms with Crippen LogP contribution in [-0.2, 0) is 14.8 Å². The van der Waals surface area contributed by atoms with E-state index in [9.17, 15) is 18.5 Å². The average Bonchev–Trinajstić information content (AvgIpc) is 2.64. The number of sulfonamides is 1. The Balaban J connectivity index is 1.96. The first-order chi connectivity index (χ1) is 12.8. The highest BCUT2D eigenvalue weighted by molar-refractivity contribution is 9.10. The minimum atomic E-state index is -3.86. The van der Waals surface area contributed by atoms with Gasteiger partial charge in [0.15, 0.2) is 0 Å². The van der Waals surface area contributed by atoms with Crippen molar-refractivity contribution < 1.29 is 22.8 Å². The molecule has 27 heavy (non-hydrogen) atoms. The molecule has 3 rings (SSSR count). The molecule has 2 aromatic rings. The number of hydrogen-bond acceptors (Lipinski definition) is 6. The van der Waals surface area contributed by atoms with E-state index in [0.717, 1.165) is 10.5 Å². The molecule has 1 aliphatic heterocycles. The smallest absolute Gasteiger partial charge is 0.312 e. The molecular formula is C16H14BrClN2O6S. The summed E-state index contributed by atoms with van der Waals surface area (Å²) in [7, 11) is -3.86. The van der Waals surface area contributed by atoms with E-state index < -0.39 is 20.6 Å². The molecule has 2 aromatic carbocycles. The van der Waals surface area contributed by atoms with E-state index in [-0.39, 0.29) is 47.7 Å². The van der Waals surface area contributed by atoms with Crippen LogP contribution in [0.5, 0.6) is 11.5 Å². The number of halogens is 2. The largest absolute Gasteiger partial charge is 0.449 e. The number of morpholine rings is 1. The fraction of sp³-hybridized carbons (Fsp3) is 0.250. The van der Waals surface area contributed by atoms with Crippen LogP contribution in [0.4, 0.5) is 5.69 Å². The van der Waals surface area contributed by atoms with Crippen LogP contribution in [0.1, 0.15) is 0 Å². The van der Waals surface area contributed by atoms with Crippen LogP contribution >= 0.6 is 27.5 Å². The summed E-state index contributed by atoms with van der Waals surface area (Å²) >= 11 is 9.34. The molecule has 0 aromatic heterocycles. The van der Waals surface area contributed by atoms with Crippen molar-refractivity contribution in [1.29, 1.82) is 0 Å². The van der Waals surface area contributed by atoms with Gasteiger partial charge in [0.2, 0.25) is 15.8 Å². The van der Waals surface area contributed by atoms with Crippen LogP contribution in [0.2, 0.25) is 5.02 Å². The molecule has 1 heterocycles. The normalized spacial score (nSPS) is 15.5. The highest BCUT2D eigenvalue weighted by atomic mass is 79.9. The zero-order valence-corrected chi connectivity index (χ0v) is 17.0. The number of hydrogen-bond donors (Lipinski definition) is 0. The Morgan fingerprint density at radius 1 is 1.15 bits per heavy atom. The number of nitrogens with zero attached hydrogens (tertiary/aromatic N) is 2. The first kappa shape index (κ1) is 20.0. The maximum atomic E-state index is 12.7. The van der Waals surface area contributed by atoms with Crippen molar-refractivity contribution in [2.75, 3.05) is 26.3 Å². The third kappa shape index (κ3) is 4.41. The molecule has 1 fully saturated rings. The Hall–Kier alpha value is -1.72. The molecule has 0 N–H and O–H groups in total.